The second-order valence-electron chi connectivity index (χ2n) is 4.74. The number of carbonyl (C=O) groups is 2. The van der Waals surface area contributed by atoms with Gasteiger partial charge in [-0.25, -0.2) is 0 Å². The van der Waals surface area contributed by atoms with E-state index in [0.29, 0.717) is 34.4 Å². The molecule has 0 bridgehead atoms. The first-order valence-corrected chi connectivity index (χ1v) is 6.95. The lowest BCUT2D eigenvalue weighted by Gasteiger charge is -2.13. The zero-order valence-corrected chi connectivity index (χ0v) is 12.1. The van der Waals surface area contributed by atoms with Crippen LogP contribution in [0.1, 0.15) is 35.4 Å². The van der Waals surface area contributed by atoms with Crippen LogP contribution < -0.4 is 4.90 Å². The molecule has 1 aliphatic heterocycles. The van der Waals surface area contributed by atoms with E-state index in [4.69, 9.17) is 16.1 Å². The first-order chi connectivity index (χ1) is 10.1. The number of anilines is 1. The predicted molar refractivity (Wildman–Crippen MR) is 75.3 cm³/mol. The third kappa shape index (κ3) is 2.42. The molecular weight excluding hydrogens is 294 g/mol. The van der Waals surface area contributed by atoms with Crippen molar-refractivity contribution in [2.45, 2.75) is 26.3 Å². The Kier molecular flexibility index (Phi) is 3.47. The maximum Gasteiger partial charge on any atom is 0.299 e. The molecule has 108 valence electrons. The van der Waals surface area contributed by atoms with E-state index in [1.807, 2.05) is 6.92 Å². The molecule has 0 saturated carbocycles. The normalized spacial score (nSPS) is 13.9. The van der Waals surface area contributed by atoms with Gasteiger partial charge in [-0.05, 0) is 24.6 Å². The molecule has 6 nitrogen and oxygen atoms in total. The minimum Gasteiger partial charge on any atom is -0.337 e. The molecule has 0 atom stereocenters. The summed E-state index contributed by atoms with van der Waals surface area (Å²) in [7, 11) is 0. The van der Waals surface area contributed by atoms with Gasteiger partial charge in [-0.3, -0.25) is 14.5 Å². The molecule has 0 fully saturated rings. The molecule has 0 aliphatic carbocycles. The van der Waals surface area contributed by atoms with E-state index in [1.54, 1.807) is 12.1 Å². The van der Waals surface area contributed by atoms with Crippen LogP contribution in [-0.4, -0.2) is 21.8 Å². The number of halogens is 1. The van der Waals surface area contributed by atoms with Gasteiger partial charge in [-0.15, -0.1) is 0 Å². The number of ketones is 1. The van der Waals surface area contributed by atoms with Crippen LogP contribution >= 0.6 is 11.6 Å². The summed E-state index contributed by atoms with van der Waals surface area (Å²) in [5.41, 5.74) is 0.824. The highest BCUT2D eigenvalue weighted by molar-refractivity contribution is 6.52. The van der Waals surface area contributed by atoms with Crippen LogP contribution in [-0.2, 0) is 17.8 Å². The Balaban J connectivity index is 1.89. The topological polar surface area (TPSA) is 76.3 Å². The van der Waals surface area contributed by atoms with E-state index in [2.05, 4.69) is 10.1 Å². The van der Waals surface area contributed by atoms with Crippen molar-refractivity contribution in [3.05, 3.63) is 40.5 Å². The maximum absolute atomic E-state index is 12.1. The smallest absolute Gasteiger partial charge is 0.299 e. The molecule has 21 heavy (non-hydrogen) atoms. The van der Waals surface area contributed by atoms with Crippen LogP contribution in [0.25, 0.3) is 0 Å². The van der Waals surface area contributed by atoms with E-state index in [9.17, 15) is 9.59 Å². The number of hydrogen-bond acceptors (Lipinski definition) is 5. The lowest BCUT2D eigenvalue weighted by atomic mass is 10.1. The van der Waals surface area contributed by atoms with Crippen molar-refractivity contribution < 1.29 is 14.1 Å². The van der Waals surface area contributed by atoms with Gasteiger partial charge in [0.15, 0.2) is 5.82 Å². The lowest BCUT2D eigenvalue weighted by molar-refractivity contribution is -0.114. The van der Waals surface area contributed by atoms with Gasteiger partial charge in [0.25, 0.3) is 11.7 Å². The molecule has 0 N–H and O–H groups in total. The number of fused-ring (bicyclic) bond motifs is 1. The molecule has 3 rings (SSSR count). The molecular formula is C14H12ClN3O3. The second-order valence-corrected chi connectivity index (χ2v) is 5.17. The number of benzene rings is 1. The number of amides is 1. The van der Waals surface area contributed by atoms with Crippen molar-refractivity contribution in [3.63, 3.8) is 0 Å². The van der Waals surface area contributed by atoms with Gasteiger partial charge in [0.05, 0.1) is 11.3 Å². The summed E-state index contributed by atoms with van der Waals surface area (Å²) in [5, 5.41) is 4.25. The first-order valence-electron chi connectivity index (χ1n) is 6.57. The molecule has 0 unspecified atom stereocenters. The summed E-state index contributed by atoms with van der Waals surface area (Å²) in [6.45, 7) is 2.09. The van der Waals surface area contributed by atoms with Crippen molar-refractivity contribution in [1.29, 1.82) is 0 Å². The monoisotopic (exact) mass is 305 g/mol. The van der Waals surface area contributed by atoms with Crippen molar-refractivity contribution in [2.24, 2.45) is 0 Å². The highest BCUT2D eigenvalue weighted by atomic mass is 35.5. The average molecular weight is 306 g/mol. The van der Waals surface area contributed by atoms with E-state index >= 15 is 0 Å². The molecule has 1 aliphatic rings. The van der Waals surface area contributed by atoms with Gasteiger partial charge in [0, 0.05) is 11.4 Å². The Morgan fingerprint density at radius 1 is 1.33 bits per heavy atom. The third-order valence-corrected chi connectivity index (χ3v) is 3.45. The Morgan fingerprint density at radius 3 is 2.90 bits per heavy atom. The Bertz CT molecular complexity index is 726. The van der Waals surface area contributed by atoms with Gasteiger partial charge in [0.1, 0.15) is 6.54 Å². The number of Topliss-reactive ketones (excluding diaryl/α,β-unsaturated/α-hetero) is 1. The van der Waals surface area contributed by atoms with Crippen molar-refractivity contribution in [1.82, 2.24) is 10.1 Å². The molecule has 2 heterocycles. The highest BCUT2D eigenvalue weighted by Gasteiger charge is 2.36. The molecule has 1 aromatic carbocycles. The second kappa shape index (κ2) is 5.29. The summed E-state index contributed by atoms with van der Waals surface area (Å²) < 4.78 is 5.11. The predicted octanol–water partition coefficient (Wildman–Crippen LogP) is 2.41. The maximum atomic E-state index is 12.1. The van der Waals surface area contributed by atoms with Crippen LogP contribution in [0.15, 0.2) is 22.7 Å². The van der Waals surface area contributed by atoms with Gasteiger partial charge in [-0.1, -0.05) is 23.7 Å². The van der Waals surface area contributed by atoms with E-state index in [0.717, 1.165) is 6.42 Å². The standard InChI is InChI=1S/C14H12ClN3O3/c1-2-3-11-16-12(21-17-11)7-18-10-5-4-8(15)6-9(10)13(19)14(18)20/h4-6H,2-3,7H2,1H3. The summed E-state index contributed by atoms with van der Waals surface area (Å²) in [5.74, 6) is -0.271. The summed E-state index contributed by atoms with van der Waals surface area (Å²) >= 11 is 5.86. The molecule has 1 amide bonds. The van der Waals surface area contributed by atoms with Crippen LogP contribution in [0.2, 0.25) is 5.02 Å². The van der Waals surface area contributed by atoms with E-state index in [1.165, 1.54) is 11.0 Å². The minimum atomic E-state index is -0.609. The van der Waals surface area contributed by atoms with Crippen LogP contribution in [0, 0.1) is 0 Å². The Labute approximate surface area is 125 Å². The molecule has 0 saturated heterocycles. The van der Waals surface area contributed by atoms with Crippen molar-refractivity contribution in [3.8, 4) is 0 Å². The molecule has 2 aromatic rings. The molecule has 0 radical (unpaired) electrons. The third-order valence-electron chi connectivity index (χ3n) is 3.21. The molecule has 1 aromatic heterocycles. The van der Waals surface area contributed by atoms with Gasteiger partial charge < -0.3 is 4.52 Å². The number of aromatic nitrogens is 2. The fraction of sp³-hybridized carbons (Fsp3) is 0.286. The first kappa shape index (κ1) is 13.8. The van der Waals surface area contributed by atoms with Crippen LogP contribution in [0.3, 0.4) is 0 Å². The summed E-state index contributed by atoms with van der Waals surface area (Å²) in [6.07, 6.45) is 1.62. The number of carbonyl (C=O) groups excluding carboxylic acids is 2. The SMILES string of the molecule is CCCc1noc(CN2C(=O)C(=O)c3cc(Cl)ccc32)n1. The lowest BCUT2D eigenvalue weighted by Crippen LogP contribution is -2.29. The fourth-order valence-corrected chi connectivity index (χ4v) is 2.42. The van der Waals surface area contributed by atoms with Crippen LogP contribution in [0.5, 0.6) is 0 Å². The Morgan fingerprint density at radius 2 is 2.14 bits per heavy atom. The molecule has 0 spiro atoms. The zero-order valence-electron chi connectivity index (χ0n) is 11.3. The van der Waals surface area contributed by atoms with Crippen LogP contribution in [0.4, 0.5) is 5.69 Å². The largest absolute Gasteiger partial charge is 0.337 e. The van der Waals surface area contributed by atoms with E-state index in [-0.39, 0.29) is 6.54 Å². The fourth-order valence-electron chi connectivity index (χ4n) is 2.24. The Hall–Kier alpha value is -2.21. The number of aryl methyl sites for hydroxylation is 1. The number of rotatable bonds is 4. The highest BCUT2D eigenvalue weighted by Crippen LogP contribution is 2.32. The zero-order chi connectivity index (χ0) is 15.0. The quantitative estimate of drug-likeness (QED) is 0.811. The number of nitrogens with zero attached hydrogens (tertiary/aromatic N) is 3. The van der Waals surface area contributed by atoms with Crippen molar-refractivity contribution >= 4 is 29.0 Å². The van der Waals surface area contributed by atoms with E-state index < -0.39 is 11.7 Å². The van der Waals surface area contributed by atoms with Gasteiger partial charge in [0.2, 0.25) is 5.89 Å². The summed E-state index contributed by atoms with van der Waals surface area (Å²) in [4.78, 5) is 29.5. The number of hydrogen-bond donors (Lipinski definition) is 0. The minimum absolute atomic E-state index is 0.0793. The van der Waals surface area contributed by atoms with Crippen molar-refractivity contribution in [2.75, 3.05) is 4.90 Å². The average Bonchev–Trinajstić information content (AvgIpc) is 2.99. The van der Waals surface area contributed by atoms with Gasteiger partial charge in [-0.2, -0.15) is 4.98 Å². The summed E-state index contributed by atoms with van der Waals surface area (Å²) in [6, 6.07) is 4.77. The van der Waals surface area contributed by atoms with Gasteiger partial charge >= 0.3 is 0 Å². The molecule has 7 heteroatoms.